The van der Waals surface area contributed by atoms with Crippen LogP contribution in [0.15, 0.2) is 22.7 Å². The minimum absolute atomic E-state index is 0.0847. The van der Waals surface area contributed by atoms with Crippen molar-refractivity contribution < 1.29 is 9.18 Å². The van der Waals surface area contributed by atoms with E-state index in [0.29, 0.717) is 16.6 Å². The van der Waals surface area contributed by atoms with Gasteiger partial charge in [0.2, 0.25) is 5.91 Å². The highest BCUT2D eigenvalue weighted by Crippen LogP contribution is 2.19. The van der Waals surface area contributed by atoms with Crippen LogP contribution in [0.5, 0.6) is 0 Å². The summed E-state index contributed by atoms with van der Waals surface area (Å²) < 4.78 is 13.1. The highest BCUT2D eigenvalue weighted by molar-refractivity contribution is 9.10. The van der Waals surface area contributed by atoms with Crippen LogP contribution in [0.1, 0.15) is 13.3 Å². The zero-order chi connectivity index (χ0) is 9.84. The lowest BCUT2D eigenvalue weighted by molar-refractivity contribution is -0.115. The van der Waals surface area contributed by atoms with E-state index in [1.54, 1.807) is 6.92 Å². The predicted molar refractivity (Wildman–Crippen MR) is 53.0 cm³/mol. The van der Waals surface area contributed by atoms with Gasteiger partial charge in [-0.2, -0.15) is 0 Å². The second kappa shape index (κ2) is 4.37. The molecule has 1 aromatic carbocycles. The highest BCUT2D eigenvalue weighted by atomic mass is 79.9. The van der Waals surface area contributed by atoms with E-state index in [9.17, 15) is 9.18 Å². The maximum absolute atomic E-state index is 12.8. The van der Waals surface area contributed by atoms with Crippen LogP contribution >= 0.6 is 15.9 Å². The number of rotatable bonds is 2. The van der Waals surface area contributed by atoms with E-state index in [4.69, 9.17) is 0 Å². The summed E-state index contributed by atoms with van der Waals surface area (Å²) in [4.78, 5) is 11.0. The molecular formula is C9H9BrFNO. The molecule has 13 heavy (non-hydrogen) atoms. The van der Waals surface area contributed by atoms with Gasteiger partial charge >= 0.3 is 0 Å². The number of anilines is 1. The number of hydrogen-bond acceptors (Lipinski definition) is 1. The van der Waals surface area contributed by atoms with Gasteiger partial charge in [0, 0.05) is 12.1 Å². The van der Waals surface area contributed by atoms with Crippen LogP contribution < -0.4 is 5.32 Å². The predicted octanol–water partition coefficient (Wildman–Crippen LogP) is 2.94. The van der Waals surface area contributed by atoms with Gasteiger partial charge in [0.05, 0.1) is 4.47 Å². The third kappa shape index (κ3) is 2.81. The van der Waals surface area contributed by atoms with Crippen molar-refractivity contribution in [3.63, 3.8) is 0 Å². The molecule has 0 unspecified atom stereocenters. The fraction of sp³-hybridized carbons (Fsp3) is 0.222. The Balaban J connectivity index is 2.79. The van der Waals surface area contributed by atoms with E-state index in [2.05, 4.69) is 21.2 Å². The standard InChI is InChI=1S/C9H9BrFNO/c1-2-9(13)12-6-3-4-8(11)7(10)5-6/h3-5H,2H2,1H3,(H,12,13). The number of hydrogen-bond donors (Lipinski definition) is 1. The minimum Gasteiger partial charge on any atom is -0.326 e. The fourth-order valence-corrected chi connectivity index (χ4v) is 1.20. The largest absolute Gasteiger partial charge is 0.326 e. The molecule has 0 saturated heterocycles. The smallest absolute Gasteiger partial charge is 0.224 e. The van der Waals surface area contributed by atoms with Crippen molar-refractivity contribution in [3.8, 4) is 0 Å². The van der Waals surface area contributed by atoms with Crippen molar-refractivity contribution in [1.82, 2.24) is 0 Å². The van der Waals surface area contributed by atoms with E-state index in [1.807, 2.05) is 0 Å². The number of carbonyl (C=O) groups is 1. The Morgan fingerprint density at radius 1 is 1.62 bits per heavy atom. The number of benzene rings is 1. The molecule has 1 amide bonds. The molecule has 0 aliphatic heterocycles. The second-order valence-corrected chi connectivity index (χ2v) is 3.38. The summed E-state index contributed by atoms with van der Waals surface area (Å²) in [5, 5.41) is 2.62. The summed E-state index contributed by atoms with van der Waals surface area (Å²) in [6.07, 6.45) is 0.412. The van der Waals surface area contributed by atoms with E-state index < -0.39 is 0 Å². The van der Waals surface area contributed by atoms with Crippen molar-refractivity contribution in [1.29, 1.82) is 0 Å². The molecule has 2 nitrogen and oxygen atoms in total. The molecule has 0 bridgehead atoms. The first kappa shape index (κ1) is 10.2. The lowest BCUT2D eigenvalue weighted by Crippen LogP contribution is -2.09. The van der Waals surface area contributed by atoms with Crippen molar-refractivity contribution in [2.75, 3.05) is 5.32 Å². The molecule has 1 N–H and O–H groups in total. The summed E-state index contributed by atoms with van der Waals surface area (Å²) in [5.41, 5.74) is 0.597. The summed E-state index contributed by atoms with van der Waals surface area (Å²) in [6.45, 7) is 1.76. The number of nitrogens with one attached hydrogen (secondary N) is 1. The van der Waals surface area contributed by atoms with E-state index in [0.717, 1.165) is 0 Å². The third-order valence-corrected chi connectivity index (χ3v) is 2.13. The minimum atomic E-state index is -0.338. The van der Waals surface area contributed by atoms with Crippen molar-refractivity contribution in [2.45, 2.75) is 13.3 Å². The molecular weight excluding hydrogens is 237 g/mol. The van der Waals surface area contributed by atoms with Gasteiger partial charge in [-0.3, -0.25) is 4.79 Å². The molecule has 0 aliphatic carbocycles. The number of halogens is 2. The molecule has 0 aliphatic rings. The summed E-state index contributed by atoms with van der Waals surface area (Å²) >= 11 is 3.03. The van der Waals surface area contributed by atoms with E-state index >= 15 is 0 Å². The Morgan fingerprint density at radius 2 is 2.31 bits per heavy atom. The highest BCUT2D eigenvalue weighted by Gasteiger charge is 2.02. The third-order valence-electron chi connectivity index (χ3n) is 1.52. The fourth-order valence-electron chi connectivity index (χ4n) is 0.823. The first-order valence-corrected chi connectivity index (χ1v) is 4.67. The molecule has 0 radical (unpaired) electrons. The van der Waals surface area contributed by atoms with Crippen LogP contribution in [0.3, 0.4) is 0 Å². The van der Waals surface area contributed by atoms with E-state index in [1.165, 1.54) is 18.2 Å². The lowest BCUT2D eigenvalue weighted by Gasteiger charge is -2.03. The Kier molecular flexibility index (Phi) is 3.42. The zero-order valence-corrected chi connectivity index (χ0v) is 8.69. The number of carbonyl (C=O) groups excluding carboxylic acids is 1. The second-order valence-electron chi connectivity index (χ2n) is 2.53. The molecule has 0 heterocycles. The molecule has 4 heteroatoms. The molecule has 1 rings (SSSR count). The molecule has 1 aromatic rings. The van der Waals surface area contributed by atoms with Crippen LogP contribution in [0.2, 0.25) is 0 Å². The van der Waals surface area contributed by atoms with Crippen LogP contribution in [-0.4, -0.2) is 5.91 Å². The van der Waals surface area contributed by atoms with Crippen LogP contribution in [0.4, 0.5) is 10.1 Å². The quantitative estimate of drug-likeness (QED) is 0.853. The maximum Gasteiger partial charge on any atom is 0.224 e. The first-order chi connectivity index (χ1) is 6.13. The monoisotopic (exact) mass is 245 g/mol. The van der Waals surface area contributed by atoms with Gasteiger partial charge in [0.25, 0.3) is 0 Å². The van der Waals surface area contributed by atoms with Gasteiger partial charge in [0.1, 0.15) is 5.82 Å². The van der Waals surface area contributed by atoms with Crippen molar-refractivity contribution in [2.24, 2.45) is 0 Å². The Morgan fingerprint density at radius 3 is 2.85 bits per heavy atom. The van der Waals surface area contributed by atoms with Crippen LogP contribution in [0.25, 0.3) is 0 Å². The van der Waals surface area contributed by atoms with E-state index in [-0.39, 0.29) is 11.7 Å². The van der Waals surface area contributed by atoms with Gasteiger partial charge < -0.3 is 5.32 Å². The Hall–Kier alpha value is -0.900. The molecule has 0 aromatic heterocycles. The Labute approximate surface area is 84.3 Å². The zero-order valence-electron chi connectivity index (χ0n) is 7.10. The lowest BCUT2D eigenvalue weighted by atomic mass is 10.3. The Bertz CT molecular complexity index is 327. The number of amides is 1. The summed E-state index contributed by atoms with van der Waals surface area (Å²) in [7, 11) is 0. The SMILES string of the molecule is CCC(=O)Nc1ccc(F)c(Br)c1. The molecule has 0 atom stereocenters. The summed E-state index contributed by atoms with van der Waals surface area (Å²) in [6, 6.07) is 4.35. The maximum atomic E-state index is 12.8. The summed E-state index contributed by atoms with van der Waals surface area (Å²) in [5.74, 6) is -0.423. The van der Waals surface area contributed by atoms with Crippen molar-refractivity contribution >= 4 is 27.5 Å². The van der Waals surface area contributed by atoms with Gasteiger partial charge in [-0.25, -0.2) is 4.39 Å². The molecule has 70 valence electrons. The van der Waals surface area contributed by atoms with Crippen molar-refractivity contribution in [3.05, 3.63) is 28.5 Å². The topological polar surface area (TPSA) is 29.1 Å². The molecule has 0 fully saturated rings. The van der Waals surface area contributed by atoms with Gasteiger partial charge in [0.15, 0.2) is 0 Å². The average Bonchev–Trinajstić information content (AvgIpc) is 2.11. The normalized spacial score (nSPS) is 9.77. The van der Waals surface area contributed by atoms with Gasteiger partial charge in [-0.05, 0) is 34.1 Å². The molecule has 0 saturated carbocycles. The first-order valence-electron chi connectivity index (χ1n) is 3.88. The van der Waals surface area contributed by atoms with Crippen LogP contribution in [-0.2, 0) is 4.79 Å². The van der Waals surface area contributed by atoms with Gasteiger partial charge in [-0.1, -0.05) is 6.92 Å². The van der Waals surface area contributed by atoms with Crippen LogP contribution in [0, 0.1) is 5.82 Å². The van der Waals surface area contributed by atoms with Gasteiger partial charge in [-0.15, -0.1) is 0 Å². The average molecular weight is 246 g/mol. The molecule has 0 spiro atoms.